The van der Waals surface area contributed by atoms with Gasteiger partial charge in [0.2, 0.25) is 0 Å². The Morgan fingerprint density at radius 3 is 1.97 bits per heavy atom. The molecule has 0 bridgehead atoms. The fourth-order valence-corrected chi connectivity index (χ4v) is 4.99. The molecule has 0 spiro atoms. The summed E-state index contributed by atoms with van der Waals surface area (Å²) in [7, 11) is 0. The van der Waals surface area contributed by atoms with Crippen LogP contribution in [0.2, 0.25) is 0 Å². The van der Waals surface area contributed by atoms with Gasteiger partial charge in [0.25, 0.3) is 0 Å². The van der Waals surface area contributed by atoms with Crippen molar-refractivity contribution in [1.82, 2.24) is 0 Å². The summed E-state index contributed by atoms with van der Waals surface area (Å²) in [5.41, 5.74) is 1.05. The molecular formula is C22H36O12. The maximum absolute atomic E-state index is 11.5. The molecule has 12 heteroatoms. The van der Waals surface area contributed by atoms with Crippen molar-refractivity contribution in [1.29, 1.82) is 0 Å². The fourth-order valence-electron chi connectivity index (χ4n) is 4.99. The number of aliphatic hydroxyl groups is 7. The van der Waals surface area contributed by atoms with Gasteiger partial charge < -0.3 is 54.7 Å². The third kappa shape index (κ3) is 5.37. The van der Waals surface area contributed by atoms with Gasteiger partial charge in [0.15, 0.2) is 12.6 Å². The molecule has 0 unspecified atom stereocenters. The number of carbonyl (C=O) groups is 1. The summed E-state index contributed by atoms with van der Waals surface area (Å²) < 4.78 is 22.5. The molecule has 2 saturated heterocycles. The smallest absolute Gasteiger partial charge is 0.187 e. The highest BCUT2D eigenvalue weighted by Crippen LogP contribution is 2.41. The van der Waals surface area contributed by atoms with Crippen molar-refractivity contribution < 1.29 is 59.5 Å². The molecule has 0 saturated carbocycles. The third-order valence-electron chi connectivity index (χ3n) is 6.87. The van der Waals surface area contributed by atoms with E-state index >= 15 is 0 Å². The van der Waals surface area contributed by atoms with Crippen LogP contribution in [-0.4, -0.2) is 123 Å². The summed E-state index contributed by atoms with van der Waals surface area (Å²) in [5, 5.41) is 70.8. The summed E-state index contributed by atoms with van der Waals surface area (Å²) in [6, 6.07) is 0. The van der Waals surface area contributed by atoms with Gasteiger partial charge in [-0.25, -0.2) is 0 Å². The van der Waals surface area contributed by atoms with E-state index in [9.17, 15) is 40.5 Å². The second-order valence-electron chi connectivity index (χ2n) is 9.87. The Bertz CT molecular complexity index is 739. The van der Waals surface area contributed by atoms with Gasteiger partial charge in [0, 0.05) is 0 Å². The first-order chi connectivity index (χ1) is 15.9. The van der Waals surface area contributed by atoms with Gasteiger partial charge in [0.05, 0.1) is 19.3 Å². The van der Waals surface area contributed by atoms with E-state index in [4.69, 9.17) is 18.9 Å². The first-order valence-corrected chi connectivity index (χ1v) is 11.3. The van der Waals surface area contributed by atoms with Gasteiger partial charge in [-0.05, 0) is 30.8 Å². The van der Waals surface area contributed by atoms with Crippen LogP contribution in [0.5, 0.6) is 0 Å². The van der Waals surface area contributed by atoms with E-state index in [0.717, 1.165) is 11.9 Å². The Labute approximate surface area is 197 Å². The molecule has 3 rings (SSSR count). The van der Waals surface area contributed by atoms with Gasteiger partial charge in [-0.1, -0.05) is 19.4 Å². The molecule has 3 aliphatic rings. The largest absolute Gasteiger partial charge is 0.394 e. The SMILES string of the molecule is CC1=C(C=O)C(C)(C)C[C@H](O[C@@H]2O[C@H](CO)[C@@H](O)[C@H](O[C@@H]3O[C@H](CO)[C@@H](O)[C@H](O)[C@H]3O)[C@H]2O)C1. The molecule has 0 aromatic rings. The number of carbonyl (C=O) groups excluding carboxylic acids is 1. The van der Waals surface area contributed by atoms with Crippen molar-refractivity contribution in [2.45, 2.75) is 101 Å². The van der Waals surface area contributed by atoms with Crippen LogP contribution < -0.4 is 0 Å². The lowest BCUT2D eigenvalue weighted by Crippen LogP contribution is -2.65. The Morgan fingerprint density at radius 1 is 0.882 bits per heavy atom. The van der Waals surface area contributed by atoms with Crippen LogP contribution in [0, 0.1) is 5.41 Å². The molecule has 11 atom stereocenters. The third-order valence-corrected chi connectivity index (χ3v) is 6.87. The van der Waals surface area contributed by atoms with Crippen molar-refractivity contribution >= 4 is 6.29 Å². The highest BCUT2D eigenvalue weighted by Gasteiger charge is 2.51. The Morgan fingerprint density at radius 2 is 1.44 bits per heavy atom. The van der Waals surface area contributed by atoms with E-state index in [0.29, 0.717) is 18.4 Å². The van der Waals surface area contributed by atoms with E-state index in [1.54, 1.807) is 0 Å². The fraction of sp³-hybridized carbons (Fsp3) is 0.864. The molecule has 0 aromatic heterocycles. The van der Waals surface area contributed by atoms with Crippen LogP contribution in [-0.2, 0) is 23.7 Å². The van der Waals surface area contributed by atoms with Gasteiger partial charge in [0.1, 0.15) is 55.1 Å². The average Bonchev–Trinajstić information content (AvgIpc) is 2.77. The lowest BCUT2D eigenvalue weighted by Gasteiger charge is -2.47. The number of rotatable bonds is 7. The summed E-state index contributed by atoms with van der Waals surface area (Å²) in [6.07, 6.45) is -13.8. The minimum Gasteiger partial charge on any atom is -0.394 e. The molecule has 0 amide bonds. The van der Waals surface area contributed by atoms with Crippen molar-refractivity contribution in [3.8, 4) is 0 Å². The summed E-state index contributed by atoms with van der Waals surface area (Å²) in [6.45, 7) is 4.32. The topological polar surface area (TPSA) is 196 Å². The molecule has 34 heavy (non-hydrogen) atoms. The molecule has 2 aliphatic heterocycles. The summed E-state index contributed by atoms with van der Waals surface area (Å²) in [5.74, 6) is 0. The first-order valence-electron chi connectivity index (χ1n) is 11.3. The molecule has 7 N–H and O–H groups in total. The molecular weight excluding hydrogens is 456 g/mol. The number of aliphatic hydroxyl groups excluding tert-OH is 7. The predicted octanol–water partition coefficient (Wildman–Crippen LogP) is -2.67. The summed E-state index contributed by atoms with van der Waals surface area (Å²) >= 11 is 0. The molecule has 2 fully saturated rings. The van der Waals surface area contributed by atoms with Crippen molar-refractivity contribution in [3.05, 3.63) is 11.1 Å². The van der Waals surface area contributed by atoms with E-state index in [-0.39, 0.29) is 0 Å². The number of ether oxygens (including phenoxy) is 4. The highest BCUT2D eigenvalue weighted by atomic mass is 16.7. The van der Waals surface area contributed by atoms with Gasteiger partial charge in [-0.3, -0.25) is 4.79 Å². The molecule has 0 aromatic carbocycles. The summed E-state index contributed by atoms with van der Waals surface area (Å²) in [4.78, 5) is 11.5. The number of hydrogen-bond donors (Lipinski definition) is 7. The van der Waals surface area contributed by atoms with Crippen LogP contribution in [0.1, 0.15) is 33.6 Å². The quantitative estimate of drug-likeness (QED) is 0.182. The normalized spacial score (nSPS) is 45.3. The maximum atomic E-state index is 11.5. The highest BCUT2D eigenvalue weighted by molar-refractivity contribution is 5.77. The first kappa shape index (κ1) is 27.6. The molecule has 196 valence electrons. The minimum absolute atomic E-state index is 0.411. The average molecular weight is 493 g/mol. The zero-order valence-corrected chi connectivity index (χ0v) is 19.4. The Balaban J connectivity index is 1.76. The van der Waals surface area contributed by atoms with Gasteiger partial charge >= 0.3 is 0 Å². The van der Waals surface area contributed by atoms with E-state index < -0.39 is 86.1 Å². The van der Waals surface area contributed by atoms with Crippen LogP contribution >= 0.6 is 0 Å². The van der Waals surface area contributed by atoms with E-state index in [1.165, 1.54) is 0 Å². The van der Waals surface area contributed by atoms with E-state index in [1.807, 2.05) is 20.8 Å². The zero-order valence-electron chi connectivity index (χ0n) is 19.4. The lowest BCUT2D eigenvalue weighted by atomic mass is 9.72. The molecule has 12 nitrogen and oxygen atoms in total. The standard InChI is InChI=1S/C22H36O12/c1-9-4-10(5-22(2,3)11(9)6-23)31-21-18(30)19(15(27)13(8-25)33-21)34-20-17(29)16(28)14(26)12(7-24)32-20/h6,10,12-21,24-30H,4-5,7-8H2,1-3H3/t10-,12-,13-,14-,15-,16+,17-,18-,19+,20+,21-/m1/s1. The Kier molecular flexibility index (Phi) is 8.86. The maximum Gasteiger partial charge on any atom is 0.187 e. The molecule has 0 radical (unpaired) electrons. The van der Waals surface area contributed by atoms with Crippen molar-refractivity contribution in [2.75, 3.05) is 13.2 Å². The molecule has 1 aliphatic carbocycles. The second-order valence-corrected chi connectivity index (χ2v) is 9.87. The lowest BCUT2D eigenvalue weighted by molar-refractivity contribution is -0.364. The number of aldehydes is 1. The Hall–Kier alpha value is -1.03. The predicted molar refractivity (Wildman–Crippen MR) is 113 cm³/mol. The number of allylic oxidation sites excluding steroid dienone is 1. The number of hydrogen-bond acceptors (Lipinski definition) is 12. The van der Waals surface area contributed by atoms with Gasteiger partial charge in [-0.15, -0.1) is 0 Å². The van der Waals surface area contributed by atoms with E-state index in [2.05, 4.69) is 0 Å². The second kappa shape index (κ2) is 10.9. The van der Waals surface area contributed by atoms with Crippen molar-refractivity contribution in [3.63, 3.8) is 0 Å². The van der Waals surface area contributed by atoms with Crippen LogP contribution in [0.3, 0.4) is 0 Å². The van der Waals surface area contributed by atoms with Crippen molar-refractivity contribution in [2.24, 2.45) is 5.41 Å². The van der Waals surface area contributed by atoms with Crippen LogP contribution in [0.4, 0.5) is 0 Å². The molecule has 2 heterocycles. The monoisotopic (exact) mass is 492 g/mol. The van der Waals surface area contributed by atoms with Crippen LogP contribution in [0.25, 0.3) is 0 Å². The van der Waals surface area contributed by atoms with Crippen LogP contribution in [0.15, 0.2) is 11.1 Å². The zero-order chi connectivity index (χ0) is 25.4. The minimum atomic E-state index is -1.75. The van der Waals surface area contributed by atoms with Gasteiger partial charge in [-0.2, -0.15) is 0 Å².